The van der Waals surface area contributed by atoms with E-state index in [0.29, 0.717) is 22.0 Å². The van der Waals surface area contributed by atoms with Crippen molar-refractivity contribution in [1.82, 2.24) is 10.3 Å². The van der Waals surface area contributed by atoms with Crippen LogP contribution in [0.2, 0.25) is 0 Å². The van der Waals surface area contributed by atoms with Gasteiger partial charge in [0.2, 0.25) is 5.91 Å². The van der Waals surface area contributed by atoms with Gasteiger partial charge in [-0.05, 0) is 19.1 Å². The molecule has 3 amide bonds. The number of urea groups is 1. The maximum Gasteiger partial charge on any atom is 0.318 e. The molecular formula is C11H12N4O3S. The SMILES string of the molecule is CC(Sc1nc2ccc(N)cc2o1)C(=O)NC(N)=O. The smallest absolute Gasteiger partial charge is 0.318 e. The van der Waals surface area contributed by atoms with Gasteiger partial charge in [0.25, 0.3) is 5.22 Å². The Kier molecular flexibility index (Phi) is 3.61. The van der Waals surface area contributed by atoms with Gasteiger partial charge in [0.15, 0.2) is 5.58 Å². The third-order valence-electron chi connectivity index (χ3n) is 2.29. The topological polar surface area (TPSA) is 124 Å². The lowest BCUT2D eigenvalue weighted by atomic mass is 10.3. The first-order valence-corrected chi connectivity index (χ1v) is 6.26. The number of nitrogens with one attached hydrogen (secondary N) is 1. The van der Waals surface area contributed by atoms with E-state index in [-0.39, 0.29) is 0 Å². The second-order valence-corrected chi connectivity index (χ2v) is 5.11. The molecule has 0 aliphatic carbocycles. The number of primary amides is 1. The summed E-state index contributed by atoms with van der Waals surface area (Å²) in [5.41, 5.74) is 12.3. The number of aromatic nitrogens is 1. The van der Waals surface area contributed by atoms with E-state index in [1.807, 2.05) is 5.32 Å². The summed E-state index contributed by atoms with van der Waals surface area (Å²) < 4.78 is 5.45. The number of hydrogen-bond acceptors (Lipinski definition) is 6. The van der Waals surface area contributed by atoms with Crippen molar-refractivity contribution in [3.8, 4) is 0 Å². The van der Waals surface area contributed by atoms with Crippen LogP contribution in [0.25, 0.3) is 11.1 Å². The van der Waals surface area contributed by atoms with Gasteiger partial charge in [-0.2, -0.15) is 0 Å². The first kappa shape index (κ1) is 13.2. The molecule has 1 aromatic heterocycles. The van der Waals surface area contributed by atoms with Crippen LogP contribution in [0.15, 0.2) is 27.8 Å². The molecule has 1 unspecified atom stereocenters. The minimum Gasteiger partial charge on any atom is -0.431 e. The summed E-state index contributed by atoms with van der Waals surface area (Å²) in [5.74, 6) is -0.501. The molecule has 0 bridgehead atoms. The molecule has 1 heterocycles. The lowest BCUT2D eigenvalue weighted by Crippen LogP contribution is -2.39. The third kappa shape index (κ3) is 3.16. The van der Waals surface area contributed by atoms with Crippen molar-refractivity contribution in [2.45, 2.75) is 17.4 Å². The number of rotatable bonds is 3. The lowest BCUT2D eigenvalue weighted by molar-refractivity contribution is -0.119. The second-order valence-electron chi connectivity index (χ2n) is 3.82. The zero-order valence-electron chi connectivity index (χ0n) is 10.0. The van der Waals surface area contributed by atoms with E-state index in [1.165, 1.54) is 0 Å². The fraction of sp³-hybridized carbons (Fsp3) is 0.182. The van der Waals surface area contributed by atoms with E-state index in [4.69, 9.17) is 15.9 Å². The number of oxazole rings is 1. The lowest BCUT2D eigenvalue weighted by Gasteiger charge is -2.06. The highest BCUT2D eigenvalue weighted by Crippen LogP contribution is 2.27. The largest absolute Gasteiger partial charge is 0.431 e. The van der Waals surface area contributed by atoms with Crippen molar-refractivity contribution in [3.05, 3.63) is 18.2 Å². The van der Waals surface area contributed by atoms with E-state index in [9.17, 15) is 9.59 Å². The highest BCUT2D eigenvalue weighted by Gasteiger charge is 2.19. The maximum atomic E-state index is 11.5. The number of carbonyl (C=O) groups is 2. The number of hydrogen-bond donors (Lipinski definition) is 3. The molecular weight excluding hydrogens is 268 g/mol. The molecule has 0 spiro atoms. The Morgan fingerprint density at radius 3 is 2.89 bits per heavy atom. The number of nitrogens with two attached hydrogens (primary N) is 2. The number of imide groups is 1. The number of anilines is 1. The Balaban J connectivity index is 2.12. The molecule has 19 heavy (non-hydrogen) atoms. The molecule has 7 nitrogen and oxygen atoms in total. The molecule has 2 rings (SSSR count). The van der Waals surface area contributed by atoms with E-state index in [1.54, 1.807) is 25.1 Å². The molecule has 0 aliphatic rings. The van der Waals surface area contributed by atoms with Gasteiger partial charge in [0.1, 0.15) is 5.52 Å². The van der Waals surface area contributed by atoms with Crippen molar-refractivity contribution in [3.63, 3.8) is 0 Å². The zero-order valence-corrected chi connectivity index (χ0v) is 10.9. The summed E-state index contributed by atoms with van der Waals surface area (Å²) in [4.78, 5) is 26.3. The standard InChI is InChI=1S/C11H12N4O3S/c1-5(9(16)15-10(13)17)19-11-14-7-3-2-6(12)4-8(7)18-11/h2-5H,12H2,1H3,(H3,13,15,16,17). The number of benzene rings is 1. The molecule has 0 saturated heterocycles. The molecule has 0 saturated carbocycles. The van der Waals surface area contributed by atoms with E-state index in [0.717, 1.165) is 11.8 Å². The van der Waals surface area contributed by atoms with Crippen LogP contribution in [0.1, 0.15) is 6.92 Å². The first-order chi connectivity index (χ1) is 8.95. The van der Waals surface area contributed by atoms with E-state index >= 15 is 0 Å². The number of thioether (sulfide) groups is 1. The number of nitrogen functional groups attached to an aromatic ring is 1. The van der Waals surface area contributed by atoms with Crippen LogP contribution in [-0.4, -0.2) is 22.2 Å². The van der Waals surface area contributed by atoms with Crippen LogP contribution < -0.4 is 16.8 Å². The predicted octanol–water partition coefficient (Wildman–Crippen LogP) is 1.09. The van der Waals surface area contributed by atoms with Gasteiger partial charge >= 0.3 is 6.03 Å². The summed E-state index contributed by atoms with van der Waals surface area (Å²) in [6.07, 6.45) is 0. The number of carbonyl (C=O) groups excluding carboxylic acids is 2. The normalized spacial score (nSPS) is 12.3. The van der Waals surface area contributed by atoms with Gasteiger partial charge in [-0.15, -0.1) is 0 Å². The summed E-state index contributed by atoms with van der Waals surface area (Å²) in [5, 5.41) is 1.76. The molecule has 0 fully saturated rings. The average Bonchev–Trinajstić information content (AvgIpc) is 2.69. The Morgan fingerprint density at radius 2 is 2.21 bits per heavy atom. The van der Waals surface area contributed by atoms with E-state index < -0.39 is 17.2 Å². The Hall–Kier alpha value is -2.22. The molecule has 2 aromatic rings. The minimum absolute atomic E-state index is 0.327. The van der Waals surface area contributed by atoms with Crippen LogP contribution in [0.5, 0.6) is 0 Å². The van der Waals surface area contributed by atoms with Gasteiger partial charge in [0.05, 0.1) is 5.25 Å². The highest BCUT2D eigenvalue weighted by atomic mass is 32.2. The minimum atomic E-state index is -0.886. The fourth-order valence-electron chi connectivity index (χ4n) is 1.40. The predicted molar refractivity (Wildman–Crippen MR) is 71.5 cm³/mol. The van der Waals surface area contributed by atoms with Crippen LogP contribution in [-0.2, 0) is 4.79 Å². The Labute approximate surface area is 112 Å². The second kappa shape index (κ2) is 5.19. The molecule has 1 atom stereocenters. The Bertz CT molecular complexity index is 640. The number of nitrogens with zero attached hydrogens (tertiary/aromatic N) is 1. The molecule has 100 valence electrons. The Morgan fingerprint density at radius 1 is 1.47 bits per heavy atom. The summed E-state index contributed by atoms with van der Waals surface area (Å²) >= 11 is 1.09. The molecule has 1 aromatic carbocycles. The number of amides is 3. The summed E-state index contributed by atoms with van der Waals surface area (Å²) in [7, 11) is 0. The third-order valence-corrected chi connectivity index (χ3v) is 3.23. The fourth-order valence-corrected chi connectivity index (χ4v) is 2.16. The van der Waals surface area contributed by atoms with Gasteiger partial charge < -0.3 is 15.9 Å². The molecule has 5 N–H and O–H groups in total. The molecule has 0 radical (unpaired) electrons. The van der Waals surface area contributed by atoms with Gasteiger partial charge in [-0.25, -0.2) is 9.78 Å². The van der Waals surface area contributed by atoms with Crippen LogP contribution in [0, 0.1) is 0 Å². The summed E-state index contributed by atoms with van der Waals surface area (Å²) in [6.45, 7) is 1.62. The van der Waals surface area contributed by atoms with Gasteiger partial charge in [-0.3, -0.25) is 10.1 Å². The first-order valence-electron chi connectivity index (χ1n) is 5.38. The van der Waals surface area contributed by atoms with Gasteiger partial charge in [-0.1, -0.05) is 11.8 Å². The van der Waals surface area contributed by atoms with Crippen molar-refractivity contribution in [1.29, 1.82) is 0 Å². The maximum absolute atomic E-state index is 11.5. The zero-order chi connectivity index (χ0) is 14.0. The van der Waals surface area contributed by atoms with E-state index in [2.05, 4.69) is 4.98 Å². The van der Waals surface area contributed by atoms with Crippen LogP contribution in [0.4, 0.5) is 10.5 Å². The quantitative estimate of drug-likeness (QED) is 0.571. The van der Waals surface area contributed by atoms with Crippen molar-refractivity contribution in [2.75, 3.05) is 5.73 Å². The van der Waals surface area contributed by atoms with Crippen LogP contribution >= 0.6 is 11.8 Å². The van der Waals surface area contributed by atoms with Crippen LogP contribution in [0.3, 0.4) is 0 Å². The summed E-state index contributed by atoms with van der Waals surface area (Å²) in [6, 6.07) is 4.21. The number of fused-ring (bicyclic) bond motifs is 1. The van der Waals surface area contributed by atoms with Gasteiger partial charge in [0, 0.05) is 11.8 Å². The van der Waals surface area contributed by atoms with Crippen molar-refractivity contribution in [2.24, 2.45) is 5.73 Å². The monoisotopic (exact) mass is 280 g/mol. The molecule has 0 aliphatic heterocycles. The highest BCUT2D eigenvalue weighted by molar-refractivity contribution is 8.00. The molecule has 8 heteroatoms. The average molecular weight is 280 g/mol. The van der Waals surface area contributed by atoms with Crippen molar-refractivity contribution < 1.29 is 14.0 Å². The van der Waals surface area contributed by atoms with Crippen molar-refractivity contribution >= 4 is 40.5 Å².